The summed E-state index contributed by atoms with van der Waals surface area (Å²) in [6, 6.07) is 38.7. The second kappa shape index (κ2) is 13.1. The Morgan fingerprint density at radius 2 is 1.46 bits per heavy atom. The van der Waals surface area contributed by atoms with Gasteiger partial charge in [0.1, 0.15) is 5.82 Å². The monoisotopic (exact) mass is 670 g/mol. The molecule has 2 heterocycles. The number of pyridine rings is 1. The van der Waals surface area contributed by atoms with Gasteiger partial charge in [0.25, 0.3) is 0 Å². The minimum absolute atomic E-state index is 0.329. The van der Waals surface area contributed by atoms with Crippen LogP contribution in [0.1, 0.15) is 65.5 Å². The average molecular weight is 671 g/mol. The van der Waals surface area contributed by atoms with Gasteiger partial charge in [-0.05, 0) is 125 Å². The van der Waals surface area contributed by atoms with Crippen molar-refractivity contribution >= 4 is 17.0 Å². The number of benzene rings is 4. The van der Waals surface area contributed by atoms with Gasteiger partial charge in [-0.2, -0.15) is 0 Å². The molecule has 0 spiro atoms. The number of allylic oxidation sites excluding steroid dienone is 9. The highest BCUT2D eigenvalue weighted by Gasteiger charge is 2.30. The first-order valence-corrected chi connectivity index (χ1v) is 19.1. The van der Waals surface area contributed by atoms with Crippen molar-refractivity contribution in [3.05, 3.63) is 186 Å². The summed E-state index contributed by atoms with van der Waals surface area (Å²) in [5.74, 6) is 2.26. The molecule has 0 fully saturated rings. The first-order valence-electron chi connectivity index (χ1n) is 19.1. The number of nitrogens with zero attached hydrogens (tertiary/aromatic N) is 2. The third kappa shape index (κ3) is 5.37. The molecule has 4 aromatic carbocycles. The van der Waals surface area contributed by atoms with Crippen molar-refractivity contribution in [2.24, 2.45) is 5.92 Å². The molecule has 2 heteroatoms. The fourth-order valence-corrected chi connectivity index (χ4v) is 9.33. The van der Waals surface area contributed by atoms with Gasteiger partial charge in [-0.25, -0.2) is 4.98 Å². The summed E-state index contributed by atoms with van der Waals surface area (Å²) in [5, 5.41) is 1.34. The Kier molecular flexibility index (Phi) is 7.83. The van der Waals surface area contributed by atoms with Crippen LogP contribution in [0.2, 0.25) is 0 Å². The van der Waals surface area contributed by atoms with Gasteiger partial charge in [-0.3, -0.25) is 4.57 Å². The lowest BCUT2D eigenvalue weighted by molar-refractivity contribution is 0.482. The van der Waals surface area contributed by atoms with Crippen molar-refractivity contribution in [2.45, 2.75) is 50.4 Å². The third-order valence-corrected chi connectivity index (χ3v) is 11.8. The van der Waals surface area contributed by atoms with Crippen LogP contribution < -0.4 is 0 Å². The highest BCUT2D eigenvalue weighted by atomic mass is 15.1. The molecule has 52 heavy (non-hydrogen) atoms. The minimum atomic E-state index is 0.329. The van der Waals surface area contributed by atoms with Gasteiger partial charge in [-0.1, -0.05) is 134 Å². The summed E-state index contributed by atoms with van der Waals surface area (Å²) in [6.45, 7) is 0. The molecule has 4 aliphatic carbocycles. The van der Waals surface area contributed by atoms with E-state index >= 15 is 0 Å². The Bertz CT molecular complexity index is 2480. The van der Waals surface area contributed by atoms with E-state index in [1.165, 1.54) is 61.1 Å². The van der Waals surface area contributed by atoms with E-state index in [1.807, 2.05) is 0 Å². The van der Waals surface area contributed by atoms with E-state index in [9.17, 15) is 0 Å². The predicted molar refractivity (Wildman–Crippen MR) is 218 cm³/mol. The number of hydrogen-bond acceptors (Lipinski definition) is 1. The quantitative estimate of drug-likeness (QED) is 0.178. The molecule has 6 aromatic rings. The molecule has 0 bridgehead atoms. The lowest BCUT2D eigenvalue weighted by Crippen LogP contribution is -2.13. The molecular weight excluding hydrogens is 629 g/mol. The molecule has 4 aliphatic rings. The summed E-state index contributed by atoms with van der Waals surface area (Å²) >= 11 is 0. The zero-order valence-electron chi connectivity index (χ0n) is 29.5. The topological polar surface area (TPSA) is 17.8 Å². The molecule has 10 rings (SSSR count). The van der Waals surface area contributed by atoms with Crippen LogP contribution in [0, 0.1) is 5.92 Å². The molecule has 2 unspecified atom stereocenters. The normalized spacial score (nSPS) is 20.0. The second-order valence-corrected chi connectivity index (χ2v) is 14.8. The Hall–Kier alpha value is -5.73. The van der Waals surface area contributed by atoms with Crippen LogP contribution in [0.4, 0.5) is 0 Å². The number of aryl methyl sites for hydroxylation is 2. The Morgan fingerprint density at radius 1 is 0.635 bits per heavy atom. The molecule has 3 atom stereocenters. The first kappa shape index (κ1) is 31.0. The molecular formula is C50H42N2. The molecule has 2 aromatic heterocycles. The lowest BCUT2D eigenvalue weighted by Gasteiger charge is -2.28. The number of fused-ring (bicyclic) bond motifs is 6. The molecule has 2 nitrogen and oxygen atoms in total. The first-order chi connectivity index (χ1) is 25.8. The van der Waals surface area contributed by atoms with Crippen LogP contribution in [0.5, 0.6) is 0 Å². The van der Waals surface area contributed by atoms with Gasteiger partial charge in [0.2, 0.25) is 0 Å². The summed E-state index contributed by atoms with van der Waals surface area (Å²) in [7, 11) is 0. The van der Waals surface area contributed by atoms with Gasteiger partial charge in [0.05, 0.1) is 16.9 Å². The smallest absolute Gasteiger partial charge is 0.138 e. The van der Waals surface area contributed by atoms with E-state index in [1.54, 1.807) is 0 Å². The van der Waals surface area contributed by atoms with Crippen molar-refractivity contribution in [3.63, 3.8) is 0 Å². The lowest BCUT2D eigenvalue weighted by atomic mass is 9.75. The zero-order chi connectivity index (χ0) is 34.4. The molecule has 0 N–H and O–H groups in total. The Labute approximate surface area is 306 Å². The van der Waals surface area contributed by atoms with Gasteiger partial charge in [0.15, 0.2) is 0 Å². The SMILES string of the molecule is C1=CCC(c2cc(-c3ccccc3)nc(-n3c4c(c5cc(-c6cccc7c6C([C@H]6C=CC=CC6)CCc6ccccc6-7)ccc53)CCC=C4)c2)C=C1. The highest BCUT2D eigenvalue weighted by Crippen LogP contribution is 2.48. The van der Waals surface area contributed by atoms with Crippen molar-refractivity contribution in [2.75, 3.05) is 0 Å². The van der Waals surface area contributed by atoms with E-state index in [2.05, 4.69) is 168 Å². The van der Waals surface area contributed by atoms with Gasteiger partial charge in [-0.15, -0.1) is 0 Å². The summed E-state index contributed by atoms with van der Waals surface area (Å²) in [4.78, 5) is 5.41. The maximum Gasteiger partial charge on any atom is 0.138 e. The maximum absolute atomic E-state index is 5.41. The number of aromatic nitrogens is 2. The third-order valence-electron chi connectivity index (χ3n) is 11.8. The summed E-state index contributed by atoms with van der Waals surface area (Å²) in [6.07, 6.45) is 29.3. The van der Waals surface area contributed by atoms with Gasteiger partial charge >= 0.3 is 0 Å². The number of rotatable bonds is 5. The highest BCUT2D eigenvalue weighted by molar-refractivity contribution is 5.95. The molecule has 0 amide bonds. The molecule has 0 saturated heterocycles. The predicted octanol–water partition coefficient (Wildman–Crippen LogP) is 12.7. The Balaban J connectivity index is 1.17. The fraction of sp³-hybridized carbons (Fsp3) is 0.180. The number of hydrogen-bond donors (Lipinski definition) is 0. The summed E-state index contributed by atoms with van der Waals surface area (Å²) in [5.41, 5.74) is 15.9. The maximum atomic E-state index is 5.41. The van der Waals surface area contributed by atoms with E-state index in [0.29, 0.717) is 17.8 Å². The van der Waals surface area contributed by atoms with Crippen LogP contribution >= 0.6 is 0 Å². The van der Waals surface area contributed by atoms with Crippen LogP contribution in [0.15, 0.2) is 158 Å². The largest absolute Gasteiger partial charge is 0.294 e. The summed E-state index contributed by atoms with van der Waals surface area (Å²) < 4.78 is 2.44. The van der Waals surface area contributed by atoms with Crippen molar-refractivity contribution in [1.29, 1.82) is 0 Å². The van der Waals surface area contributed by atoms with Crippen LogP contribution in [0.25, 0.3) is 56.3 Å². The van der Waals surface area contributed by atoms with Crippen molar-refractivity contribution in [3.8, 4) is 39.3 Å². The average Bonchev–Trinajstić information content (AvgIpc) is 3.45. The molecule has 0 saturated carbocycles. The van der Waals surface area contributed by atoms with E-state index in [4.69, 9.17) is 4.98 Å². The van der Waals surface area contributed by atoms with Crippen molar-refractivity contribution in [1.82, 2.24) is 9.55 Å². The van der Waals surface area contributed by atoms with Crippen LogP contribution in [-0.4, -0.2) is 9.55 Å². The van der Waals surface area contributed by atoms with Gasteiger partial charge in [0, 0.05) is 16.9 Å². The Morgan fingerprint density at radius 3 is 2.33 bits per heavy atom. The van der Waals surface area contributed by atoms with E-state index in [-0.39, 0.29) is 0 Å². The standard InChI is InChI=1S/C50H42N2/c1-4-15-34(16-5-1)39-32-46(37-20-8-3-9-21-37)51-49(33-39)52-47-26-13-12-23-43(47)45-31-38(28-30-48(45)52)41-24-14-25-44-40-22-11-10-19-36(40)27-29-42(50(41)44)35-17-6-2-7-18-35/h1-11,13-15,17,19-22,24-26,28,30-35,42H,12,16,18,23,27,29H2/t34?,35-,42?/m0/s1. The molecule has 0 aliphatic heterocycles. The van der Waals surface area contributed by atoms with Crippen LogP contribution in [-0.2, 0) is 12.8 Å². The van der Waals surface area contributed by atoms with E-state index in [0.717, 1.165) is 55.6 Å². The second-order valence-electron chi connectivity index (χ2n) is 14.8. The zero-order valence-corrected chi connectivity index (χ0v) is 29.5. The fourth-order valence-electron chi connectivity index (χ4n) is 9.33. The minimum Gasteiger partial charge on any atom is -0.294 e. The molecule has 0 radical (unpaired) electrons. The van der Waals surface area contributed by atoms with Crippen molar-refractivity contribution < 1.29 is 0 Å². The van der Waals surface area contributed by atoms with Gasteiger partial charge < -0.3 is 0 Å². The van der Waals surface area contributed by atoms with Crippen LogP contribution in [0.3, 0.4) is 0 Å². The van der Waals surface area contributed by atoms with E-state index < -0.39 is 0 Å². The molecule has 252 valence electrons.